The normalized spacial score (nSPS) is 11.6. The summed E-state index contributed by atoms with van der Waals surface area (Å²) < 4.78 is 0. The summed E-state index contributed by atoms with van der Waals surface area (Å²) in [7, 11) is 0. The predicted octanol–water partition coefficient (Wildman–Crippen LogP) is 12.8. The van der Waals surface area contributed by atoms with Crippen LogP contribution in [-0.4, -0.2) is 0 Å². The minimum Gasteiger partial charge on any atom is -0.310 e. The van der Waals surface area contributed by atoms with Gasteiger partial charge in [0.25, 0.3) is 0 Å². The Hall–Kier alpha value is -5.40. The minimum atomic E-state index is 0.477. The lowest BCUT2D eigenvalue weighted by atomic mass is 9.86. The third-order valence-electron chi connectivity index (χ3n) is 9.28. The molecule has 0 atom stereocenters. The van der Waals surface area contributed by atoms with Gasteiger partial charge in [-0.25, -0.2) is 0 Å². The lowest BCUT2D eigenvalue weighted by molar-refractivity contribution is 0.877. The van der Waals surface area contributed by atoms with Gasteiger partial charge in [0, 0.05) is 16.9 Å². The molecule has 0 amide bonds. The van der Waals surface area contributed by atoms with E-state index in [1.165, 1.54) is 65.7 Å². The first kappa shape index (κ1) is 27.2. The van der Waals surface area contributed by atoms with E-state index < -0.39 is 0 Å². The molecule has 0 unspecified atom stereocenters. The van der Waals surface area contributed by atoms with E-state index in [1.54, 1.807) is 0 Å². The zero-order valence-electron chi connectivity index (χ0n) is 26.0. The van der Waals surface area contributed by atoms with Gasteiger partial charge >= 0.3 is 0 Å². The molecule has 1 nitrogen and oxygen atoms in total. The number of hydrogen-bond donors (Lipinski definition) is 0. The van der Waals surface area contributed by atoms with Crippen LogP contribution in [0.2, 0.25) is 0 Å². The van der Waals surface area contributed by atoms with Crippen molar-refractivity contribution < 1.29 is 0 Å². The van der Waals surface area contributed by atoms with Crippen LogP contribution in [0.5, 0.6) is 0 Å². The first-order valence-electron chi connectivity index (χ1n) is 15.9. The van der Waals surface area contributed by atoms with Gasteiger partial charge in [-0.15, -0.1) is 0 Å². The summed E-state index contributed by atoms with van der Waals surface area (Å²) in [5, 5.41) is 8.05. The van der Waals surface area contributed by atoms with E-state index in [4.69, 9.17) is 0 Å². The summed E-state index contributed by atoms with van der Waals surface area (Å²) in [5.74, 6) is 0.477. The highest BCUT2D eigenvalue weighted by Crippen LogP contribution is 2.44. The molecule has 216 valence electrons. The smallest absolute Gasteiger partial charge is 0.0540 e. The SMILES string of the molecule is Cc1ccc(N(c2ccc(-c3ccc4ccc5c(C(C)C)ccc6ccc3c4c65)cc2)c2ccccc2-c2ccccc2)cc1. The lowest BCUT2D eigenvalue weighted by Crippen LogP contribution is -2.11. The van der Waals surface area contributed by atoms with E-state index in [1.807, 2.05) is 0 Å². The second kappa shape index (κ2) is 10.9. The van der Waals surface area contributed by atoms with E-state index in [0.29, 0.717) is 5.92 Å². The van der Waals surface area contributed by atoms with Gasteiger partial charge in [0.15, 0.2) is 0 Å². The molecule has 0 N–H and O–H groups in total. The summed E-state index contributed by atoms with van der Waals surface area (Å²) in [6.45, 7) is 6.72. The maximum absolute atomic E-state index is 2.38. The third-order valence-corrected chi connectivity index (χ3v) is 9.28. The van der Waals surface area contributed by atoms with Gasteiger partial charge in [-0.05, 0) is 97.7 Å². The number of aryl methyl sites for hydroxylation is 1. The Morgan fingerprint density at radius 1 is 0.444 bits per heavy atom. The van der Waals surface area contributed by atoms with Crippen molar-refractivity contribution in [3.05, 3.63) is 163 Å². The zero-order chi connectivity index (χ0) is 30.5. The molecule has 0 radical (unpaired) electrons. The lowest BCUT2D eigenvalue weighted by Gasteiger charge is -2.28. The fraction of sp³-hybridized carbons (Fsp3) is 0.0909. The van der Waals surface area contributed by atoms with Crippen molar-refractivity contribution in [1.82, 2.24) is 0 Å². The second-order valence-electron chi connectivity index (χ2n) is 12.4. The van der Waals surface area contributed by atoms with Crippen LogP contribution in [0.4, 0.5) is 17.1 Å². The molecule has 0 aliphatic rings. The third kappa shape index (κ3) is 4.64. The second-order valence-corrected chi connectivity index (χ2v) is 12.4. The molecule has 0 bridgehead atoms. The van der Waals surface area contributed by atoms with Crippen LogP contribution in [-0.2, 0) is 0 Å². The zero-order valence-corrected chi connectivity index (χ0v) is 26.0. The van der Waals surface area contributed by atoms with E-state index in [0.717, 1.165) is 17.1 Å². The number of nitrogens with zero attached hydrogens (tertiary/aromatic N) is 1. The first-order chi connectivity index (χ1) is 22.1. The fourth-order valence-corrected chi connectivity index (χ4v) is 7.02. The Morgan fingerprint density at radius 3 is 1.71 bits per heavy atom. The van der Waals surface area contributed by atoms with E-state index in [9.17, 15) is 0 Å². The molecule has 0 saturated carbocycles. The molecule has 0 aliphatic carbocycles. The number of rotatable bonds is 6. The number of benzene rings is 8. The summed E-state index contributed by atoms with van der Waals surface area (Å²) in [4.78, 5) is 2.38. The van der Waals surface area contributed by atoms with Crippen molar-refractivity contribution in [3.63, 3.8) is 0 Å². The maximum atomic E-state index is 2.38. The van der Waals surface area contributed by atoms with E-state index >= 15 is 0 Å². The Morgan fingerprint density at radius 2 is 1.00 bits per heavy atom. The molecule has 0 fully saturated rings. The topological polar surface area (TPSA) is 3.24 Å². The number of hydrogen-bond acceptors (Lipinski definition) is 1. The van der Waals surface area contributed by atoms with Gasteiger partial charge in [0.05, 0.1) is 5.69 Å². The molecular formula is C44H35N. The molecule has 45 heavy (non-hydrogen) atoms. The highest BCUT2D eigenvalue weighted by Gasteiger charge is 2.18. The molecule has 0 aliphatic heterocycles. The van der Waals surface area contributed by atoms with Crippen LogP contribution in [0.3, 0.4) is 0 Å². The standard InChI is InChI=1S/C44H35N/c1-29(2)37-25-17-33-20-28-41-38(26-18-34-19-27-40(37)43(33)44(34)41)32-15-23-36(24-16-32)45(35-21-13-30(3)14-22-35)42-12-8-7-11-39(42)31-9-5-4-6-10-31/h4-29H,1-3H3. The van der Waals surface area contributed by atoms with E-state index in [2.05, 4.69) is 177 Å². The quantitative estimate of drug-likeness (QED) is 0.178. The molecule has 0 heterocycles. The molecule has 8 rings (SSSR count). The van der Waals surface area contributed by atoms with Crippen molar-refractivity contribution in [2.75, 3.05) is 4.90 Å². The van der Waals surface area contributed by atoms with Gasteiger partial charge < -0.3 is 4.90 Å². The highest BCUT2D eigenvalue weighted by atomic mass is 15.1. The highest BCUT2D eigenvalue weighted by molar-refractivity contribution is 6.26. The molecule has 1 heteroatoms. The van der Waals surface area contributed by atoms with Crippen molar-refractivity contribution in [1.29, 1.82) is 0 Å². The summed E-state index contributed by atoms with van der Waals surface area (Å²) in [6, 6.07) is 55.7. The first-order valence-corrected chi connectivity index (χ1v) is 15.9. The average Bonchev–Trinajstić information content (AvgIpc) is 3.09. The summed E-state index contributed by atoms with van der Waals surface area (Å²) >= 11 is 0. The summed E-state index contributed by atoms with van der Waals surface area (Å²) in [5.41, 5.74) is 11.0. The van der Waals surface area contributed by atoms with Gasteiger partial charge in [-0.2, -0.15) is 0 Å². The molecule has 0 saturated heterocycles. The Balaban J connectivity index is 1.28. The minimum absolute atomic E-state index is 0.477. The van der Waals surface area contributed by atoms with Crippen molar-refractivity contribution in [2.45, 2.75) is 26.7 Å². The van der Waals surface area contributed by atoms with Crippen LogP contribution in [0, 0.1) is 6.92 Å². The maximum Gasteiger partial charge on any atom is 0.0540 e. The Labute approximate surface area is 265 Å². The molecular weight excluding hydrogens is 542 g/mol. The van der Waals surface area contributed by atoms with Gasteiger partial charge in [0.2, 0.25) is 0 Å². The van der Waals surface area contributed by atoms with Gasteiger partial charge in [-0.3, -0.25) is 0 Å². The molecule has 0 aromatic heterocycles. The number of para-hydroxylation sites is 1. The van der Waals surface area contributed by atoms with Crippen molar-refractivity contribution in [2.24, 2.45) is 0 Å². The molecule has 0 spiro atoms. The Bertz CT molecular complexity index is 2280. The van der Waals surface area contributed by atoms with Crippen LogP contribution >= 0.6 is 0 Å². The molecule has 8 aromatic rings. The van der Waals surface area contributed by atoms with Gasteiger partial charge in [0.1, 0.15) is 0 Å². The number of anilines is 3. The van der Waals surface area contributed by atoms with Crippen molar-refractivity contribution in [3.8, 4) is 22.3 Å². The monoisotopic (exact) mass is 577 g/mol. The fourth-order valence-electron chi connectivity index (χ4n) is 7.02. The average molecular weight is 578 g/mol. The van der Waals surface area contributed by atoms with Gasteiger partial charge in [-0.1, -0.05) is 141 Å². The van der Waals surface area contributed by atoms with Crippen molar-refractivity contribution >= 4 is 49.4 Å². The Kier molecular flexibility index (Phi) is 6.61. The predicted molar refractivity (Wildman–Crippen MR) is 195 cm³/mol. The van der Waals surface area contributed by atoms with E-state index in [-0.39, 0.29) is 0 Å². The van der Waals surface area contributed by atoms with Crippen LogP contribution in [0.25, 0.3) is 54.6 Å². The largest absolute Gasteiger partial charge is 0.310 e. The summed E-state index contributed by atoms with van der Waals surface area (Å²) in [6.07, 6.45) is 0. The van der Waals surface area contributed by atoms with Crippen LogP contribution < -0.4 is 4.90 Å². The van der Waals surface area contributed by atoms with Crippen LogP contribution in [0.1, 0.15) is 30.9 Å². The molecule has 8 aromatic carbocycles. The van der Waals surface area contributed by atoms with Crippen LogP contribution in [0.15, 0.2) is 152 Å².